The number of anilines is 1. The highest BCUT2D eigenvalue weighted by molar-refractivity contribution is 7.90. The second-order valence-electron chi connectivity index (χ2n) is 5.86. The van der Waals surface area contributed by atoms with E-state index in [1.54, 1.807) is 18.2 Å². The lowest BCUT2D eigenvalue weighted by Crippen LogP contribution is -2.17. The lowest BCUT2D eigenvalue weighted by atomic mass is 10.3. The molecular formula is C19H14F3NO5S. The number of benzene rings is 2. The molecule has 6 nitrogen and oxygen atoms in total. The molecule has 0 radical (unpaired) electrons. The third-order valence-corrected chi connectivity index (χ3v) is 5.32. The van der Waals surface area contributed by atoms with Gasteiger partial charge in [-0.15, -0.1) is 13.2 Å². The van der Waals surface area contributed by atoms with E-state index < -0.39 is 33.6 Å². The molecule has 0 aliphatic carbocycles. The van der Waals surface area contributed by atoms with Crippen molar-refractivity contribution in [3.05, 3.63) is 78.3 Å². The predicted octanol–water partition coefficient (Wildman–Crippen LogP) is 4.40. The Hall–Kier alpha value is -3.27. The van der Waals surface area contributed by atoms with Crippen molar-refractivity contribution in [3.8, 4) is 5.75 Å². The molecule has 3 rings (SSSR count). The number of carbonyl (C=O) groups excluding carboxylic acids is 1. The minimum absolute atomic E-state index is 0.0768. The lowest BCUT2D eigenvalue weighted by Gasteiger charge is -2.09. The fourth-order valence-corrected chi connectivity index (χ4v) is 3.68. The molecule has 2 aromatic carbocycles. The summed E-state index contributed by atoms with van der Waals surface area (Å²) < 4.78 is 70.2. The zero-order valence-corrected chi connectivity index (χ0v) is 15.5. The molecule has 0 aliphatic rings. The van der Waals surface area contributed by atoms with Gasteiger partial charge in [0.25, 0.3) is 5.91 Å². The lowest BCUT2D eigenvalue weighted by molar-refractivity contribution is -0.274. The van der Waals surface area contributed by atoms with Gasteiger partial charge in [-0.1, -0.05) is 18.2 Å². The van der Waals surface area contributed by atoms with Crippen LogP contribution >= 0.6 is 0 Å². The first-order valence-electron chi connectivity index (χ1n) is 8.16. The van der Waals surface area contributed by atoms with Crippen molar-refractivity contribution < 1.29 is 35.5 Å². The summed E-state index contributed by atoms with van der Waals surface area (Å²) >= 11 is 0. The summed E-state index contributed by atoms with van der Waals surface area (Å²) in [6.07, 6.45) is -4.81. The topological polar surface area (TPSA) is 85.6 Å². The molecule has 1 aromatic heterocycles. The van der Waals surface area contributed by atoms with Gasteiger partial charge in [0.1, 0.15) is 17.3 Å². The highest BCUT2D eigenvalue weighted by Gasteiger charge is 2.31. The largest absolute Gasteiger partial charge is 0.573 e. The summed E-state index contributed by atoms with van der Waals surface area (Å²) in [4.78, 5) is 12.3. The molecule has 0 atom stereocenters. The second-order valence-corrected chi connectivity index (χ2v) is 7.85. The van der Waals surface area contributed by atoms with Gasteiger partial charge in [-0.2, -0.15) is 0 Å². The van der Waals surface area contributed by atoms with Crippen LogP contribution in [0, 0.1) is 0 Å². The smallest absolute Gasteiger partial charge is 0.455 e. The predicted molar refractivity (Wildman–Crippen MR) is 97.1 cm³/mol. The van der Waals surface area contributed by atoms with Crippen LogP contribution in [0.4, 0.5) is 18.9 Å². The van der Waals surface area contributed by atoms with Gasteiger partial charge in [-0.25, -0.2) is 8.42 Å². The van der Waals surface area contributed by atoms with Gasteiger partial charge in [0.05, 0.1) is 4.90 Å². The molecule has 0 spiro atoms. The van der Waals surface area contributed by atoms with Gasteiger partial charge in [0, 0.05) is 5.69 Å². The van der Waals surface area contributed by atoms with Gasteiger partial charge in [0.15, 0.2) is 15.6 Å². The quantitative estimate of drug-likeness (QED) is 0.633. The summed E-state index contributed by atoms with van der Waals surface area (Å²) in [5.74, 6) is -1.60. The van der Waals surface area contributed by atoms with Crippen LogP contribution in [-0.2, 0) is 15.6 Å². The Balaban J connectivity index is 1.65. The molecule has 0 saturated heterocycles. The number of ether oxygens (including phenoxy) is 1. The number of sulfone groups is 1. The summed E-state index contributed by atoms with van der Waals surface area (Å²) in [7, 11) is -3.64. The molecule has 1 amide bonds. The average molecular weight is 425 g/mol. The summed E-state index contributed by atoms with van der Waals surface area (Å²) in [6, 6.07) is 15.0. The minimum Gasteiger partial charge on any atom is -0.455 e. The number of carbonyl (C=O) groups is 1. The molecule has 1 heterocycles. The molecule has 3 aromatic rings. The monoisotopic (exact) mass is 425 g/mol. The van der Waals surface area contributed by atoms with Crippen molar-refractivity contribution in [2.75, 3.05) is 5.32 Å². The van der Waals surface area contributed by atoms with Crippen molar-refractivity contribution in [2.24, 2.45) is 0 Å². The molecule has 0 bridgehead atoms. The Morgan fingerprint density at radius 2 is 1.62 bits per heavy atom. The molecule has 0 fully saturated rings. The fourth-order valence-electron chi connectivity index (χ4n) is 2.41. The molecule has 152 valence electrons. The Morgan fingerprint density at radius 3 is 2.24 bits per heavy atom. The molecule has 10 heteroatoms. The molecule has 29 heavy (non-hydrogen) atoms. The maximum Gasteiger partial charge on any atom is 0.573 e. The van der Waals surface area contributed by atoms with Crippen molar-refractivity contribution in [2.45, 2.75) is 17.0 Å². The van der Waals surface area contributed by atoms with Crippen LogP contribution in [-0.4, -0.2) is 20.7 Å². The Bertz CT molecular complexity index is 1090. The number of furan rings is 1. The van der Waals surface area contributed by atoms with Crippen LogP contribution in [0.3, 0.4) is 0 Å². The van der Waals surface area contributed by atoms with E-state index in [-0.39, 0.29) is 22.1 Å². The van der Waals surface area contributed by atoms with Gasteiger partial charge < -0.3 is 14.5 Å². The van der Waals surface area contributed by atoms with Crippen molar-refractivity contribution in [1.82, 2.24) is 0 Å². The first-order chi connectivity index (χ1) is 13.6. The number of hydrogen-bond donors (Lipinski definition) is 1. The third-order valence-electron chi connectivity index (χ3n) is 3.67. The second kappa shape index (κ2) is 8.00. The molecule has 0 unspecified atom stereocenters. The summed E-state index contributed by atoms with van der Waals surface area (Å²) in [5.41, 5.74) is 0.208. The van der Waals surface area contributed by atoms with Gasteiger partial charge in [-0.05, 0) is 48.5 Å². The fraction of sp³-hybridized carbons (Fsp3) is 0.105. The Labute approximate surface area is 163 Å². The minimum atomic E-state index is -4.81. The zero-order valence-electron chi connectivity index (χ0n) is 14.6. The van der Waals surface area contributed by atoms with Gasteiger partial charge >= 0.3 is 6.36 Å². The maximum atomic E-state index is 12.4. The van der Waals surface area contributed by atoms with Crippen molar-refractivity contribution in [1.29, 1.82) is 0 Å². The van der Waals surface area contributed by atoms with Crippen LogP contribution in [0.15, 0.2) is 76.0 Å². The normalized spacial score (nSPS) is 11.8. The number of rotatable bonds is 6. The molecular weight excluding hydrogens is 411 g/mol. The van der Waals surface area contributed by atoms with Crippen LogP contribution < -0.4 is 10.1 Å². The molecule has 0 saturated carbocycles. The van der Waals surface area contributed by atoms with E-state index in [9.17, 15) is 26.4 Å². The Kier molecular flexibility index (Phi) is 5.64. The highest BCUT2D eigenvalue weighted by atomic mass is 32.2. The van der Waals surface area contributed by atoms with E-state index in [0.29, 0.717) is 0 Å². The van der Waals surface area contributed by atoms with Gasteiger partial charge in [0.2, 0.25) is 0 Å². The highest BCUT2D eigenvalue weighted by Crippen LogP contribution is 2.24. The van der Waals surface area contributed by atoms with E-state index in [1.807, 2.05) is 0 Å². The molecule has 0 aliphatic heterocycles. The number of halogens is 3. The van der Waals surface area contributed by atoms with Crippen LogP contribution in [0.2, 0.25) is 0 Å². The van der Waals surface area contributed by atoms with Crippen LogP contribution in [0.5, 0.6) is 5.75 Å². The van der Waals surface area contributed by atoms with Crippen LogP contribution in [0.1, 0.15) is 16.3 Å². The number of alkyl halides is 3. The Morgan fingerprint density at radius 1 is 0.966 bits per heavy atom. The number of nitrogens with one attached hydrogen (secondary N) is 1. The maximum absolute atomic E-state index is 12.4. The number of hydrogen-bond acceptors (Lipinski definition) is 5. The van der Waals surface area contributed by atoms with E-state index >= 15 is 0 Å². The summed E-state index contributed by atoms with van der Waals surface area (Å²) in [6.45, 7) is 0. The van der Waals surface area contributed by atoms with Gasteiger partial charge in [-0.3, -0.25) is 4.79 Å². The van der Waals surface area contributed by atoms with E-state index in [1.165, 1.54) is 36.4 Å². The van der Waals surface area contributed by atoms with Crippen molar-refractivity contribution in [3.63, 3.8) is 0 Å². The SMILES string of the molecule is O=C(Nc1ccc(OC(F)(F)F)cc1)c1ccc(CS(=O)(=O)c2ccccc2)o1. The van der Waals surface area contributed by atoms with E-state index in [2.05, 4.69) is 10.1 Å². The number of amides is 1. The van der Waals surface area contributed by atoms with Crippen LogP contribution in [0.25, 0.3) is 0 Å². The third kappa shape index (κ3) is 5.61. The van der Waals surface area contributed by atoms with E-state index in [0.717, 1.165) is 12.1 Å². The molecule has 1 N–H and O–H groups in total. The van der Waals surface area contributed by atoms with Crippen molar-refractivity contribution >= 4 is 21.4 Å². The summed E-state index contributed by atoms with van der Waals surface area (Å²) in [5, 5.41) is 2.44. The average Bonchev–Trinajstić information content (AvgIpc) is 3.11. The first kappa shape index (κ1) is 20.5. The zero-order chi connectivity index (χ0) is 21.1. The first-order valence-corrected chi connectivity index (χ1v) is 9.81. The standard InChI is InChI=1S/C19H14F3NO5S/c20-19(21,22)28-14-8-6-13(7-9-14)23-18(24)17-11-10-15(27-17)12-29(25,26)16-4-2-1-3-5-16/h1-11H,12H2,(H,23,24). The van der Waals surface area contributed by atoms with E-state index in [4.69, 9.17) is 4.42 Å².